The molecule has 0 aromatic heterocycles. The lowest BCUT2D eigenvalue weighted by atomic mass is 9.99. The topological polar surface area (TPSA) is 26.8 Å². The van der Waals surface area contributed by atoms with Gasteiger partial charge in [0, 0.05) is 32.7 Å². The molecule has 0 N–H and O–H groups in total. The molecule has 2 aliphatic rings. The van der Waals surface area contributed by atoms with Crippen molar-refractivity contribution in [3.8, 4) is 0 Å². The fourth-order valence-corrected chi connectivity index (χ4v) is 3.51. The molecule has 0 aliphatic carbocycles. The first-order valence-corrected chi connectivity index (χ1v) is 8.97. The van der Waals surface area contributed by atoms with Gasteiger partial charge in [-0.1, -0.05) is 37.3 Å². The summed E-state index contributed by atoms with van der Waals surface area (Å²) in [6.07, 6.45) is 2.47. The van der Waals surface area contributed by atoms with Crippen LogP contribution in [-0.2, 0) is 11.3 Å². The Hall–Kier alpha value is -1.39. The van der Waals surface area contributed by atoms with E-state index < -0.39 is 0 Å². The maximum atomic E-state index is 12.5. The molecule has 23 heavy (non-hydrogen) atoms. The van der Waals surface area contributed by atoms with Crippen LogP contribution in [0.25, 0.3) is 0 Å². The van der Waals surface area contributed by atoms with E-state index in [2.05, 4.69) is 52.0 Å². The Morgan fingerprint density at radius 1 is 0.957 bits per heavy atom. The van der Waals surface area contributed by atoms with Gasteiger partial charge in [0.2, 0.25) is 5.91 Å². The van der Waals surface area contributed by atoms with Gasteiger partial charge in [0.25, 0.3) is 0 Å². The summed E-state index contributed by atoms with van der Waals surface area (Å²) in [5.41, 5.74) is 1.36. The lowest BCUT2D eigenvalue weighted by Gasteiger charge is -2.37. The van der Waals surface area contributed by atoms with Crippen molar-refractivity contribution >= 4 is 5.91 Å². The summed E-state index contributed by atoms with van der Waals surface area (Å²) in [4.78, 5) is 19.3. The van der Waals surface area contributed by atoms with E-state index in [1.807, 2.05) is 0 Å². The number of piperazine rings is 1. The van der Waals surface area contributed by atoms with Gasteiger partial charge in [-0.3, -0.25) is 14.6 Å². The van der Waals surface area contributed by atoms with Crippen LogP contribution >= 0.6 is 0 Å². The van der Waals surface area contributed by atoms with Crippen LogP contribution in [0.5, 0.6) is 0 Å². The van der Waals surface area contributed by atoms with Gasteiger partial charge in [-0.25, -0.2) is 0 Å². The highest BCUT2D eigenvalue weighted by molar-refractivity contribution is 5.78. The van der Waals surface area contributed by atoms with Crippen LogP contribution in [0.15, 0.2) is 30.3 Å². The number of rotatable bonds is 4. The molecule has 0 bridgehead atoms. The van der Waals surface area contributed by atoms with E-state index in [-0.39, 0.29) is 0 Å². The summed E-state index contributed by atoms with van der Waals surface area (Å²) < 4.78 is 0. The van der Waals surface area contributed by atoms with Crippen molar-refractivity contribution in [1.82, 2.24) is 14.7 Å². The molecule has 0 atom stereocenters. The number of benzene rings is 1. The molecule has 4 nitrogen and oxygen atoms in total. The molecule has 0 saturated carbocycles. The molecule has 4 heteroatoms. The molecule has 126 valence electrons. The smallest absolute Gasteiger partial charge is 0.236 e. The number of hydrogen-bond donors (Lipinski definition) is 0. The molecule has 0 spiro atoms. The van der Waals surface area contributed by atoms with E-state index in [4.69, 9.17) is 0 Å². The number of amides is 1. The predicted octanol–water partition coefficient (Wildman–Crippen LogP) is 2.06. The van der Waals surface area contributed by atoms with Gasteiger partial charge in [-0.05, 0) is 37.4 Å². The highest BCUT2D eigenvalue weighted by atomic mass is 16.2. The summed E-state index contributed by atoms with van der Waals surface area (Å²) in [7, 11) is 0. The molecular weight excluding hydrogens is 286 g/mol. The average Bonchev–Trinajstić information content (AvgIpc) is 2.58. The summed E-state index contributed by atoms with van der Waals surface area (Å²) in [5.74, 6) is 1.14. The molecule has 3 rings (SSSR count). The van der Waals surface area contributed by atoms with Gasteiger partial charge in [0.1, 0.15) is 0 Å². The molecule has 2 heterocycles. The minimum absolute atomic E-state index is 0.318. The fraction of sp³-hybridized carbons (Fsp3) is 0.632. The van der Waals surface area contributed by atoms with Gasteiger partial charge in [-0.15, -0.1) is 0 Å². The Bertz CT molecular complexity index is 489. The quantitative estimate of drug-likeness (QED) is 0.851. The van der Waals surface area contributed by atoms with Crippen LogP contribution in [0.3, 0.4) is 0 Å². The summed E-state index contributed by atoms with van der Waals surface area (Å²) in [5, 5.41) is 0. The first kappa shape index (κ1) is 16.5. The van der Waals surface area contributed by atoms with Crippen LogP contribution < -0.4 is 0 Å². The van der Waals surface area contributed by atoms with Gasteiger partial charge in [-0.2, -0.15) is 0 Å². The highest BCUT2D eigenvalue weighted by Gasteiger charge is 2.24. The third-order valence-electron chi connectivity index (χ3n) is 5.21. The molecule has 1 aromatic rings. The number of carbonyl (C=O) groups is 1. The molecule has 0 unspecified atom stereocenters. The zero-order chi connectivity index (χ0) is 16.1. The minimum Gasteiger partial charge on any atom is -0.339 e. The lowest BCUT2D eigenvalue weighted by Crippen LogP contribution is -2.51. The Balaban J connectivity index is 1.40. The second kappa shape index (κ2) is 7.93. The van der Waals surface area contributed by atoms with E-state index in [0.29, 0.717) is 12.5 Å². The highest BCUT2D eigenvalue weighted by Crippen LogP contribution is 2.16. The summed E-state index contributed by atoms with van der Waals surface area (Å²) in [6, 6.07) is 10.6. The lowest BCUT2D eigenvalue weighted by molar-refractivity contribution is -0.134. The maximum Gasteiger partial charge on any atom is 0.236 e. The Morgan fingerprint density at radius 2 is 1.61 bits per heavy atom. The maximum absolute atomic E-state index is 12.5. The van der Waals surface area contributed by atoms with E-state index in [1.54, 1.807) is 0 Å². The molecular formula is C19H29N3O. The first-order valence-electron chi connectivity index (χ1n) is 8.97. The third kappa shape index (κ3) is 4.79. The van der Waals surface area contributed by atoms with E-state index in [9.17, 15) is 4.79 Å². The minimum atomic E-state index is 0.318. The fourth-order valence-electron chi connectivity index (χ4n) is 3.51. The largest absolute Gasteiger partial charge is 0.339 e. The van der Waals surface area contributed by atoms with Crippen molar-refractivity contribution in [3.63, 3.8) is 0 Å². The standard InChI is InChI=1S/C19H29N3O/c1-17-7-9-20(10-8-17)16-19(23)22-13-11-21(12-14-22)15-18-5-3-2-4-6-18/h2-6,17H,7-16H2,1H3. The molecule has 2 fully saturated rings. The zero-order valence-electron chi connectivity index (χ0n) is 14.3. The Kier molecular flexibility index (Phi) is 5.68. The van der Waals surface area contributed by atoms with Crippen LogP contribution in [0, 0.1) is 5.92 Å². The van der Waals surface area contributed by atoms with E-state index in [0.717, 1.165) is 51.7 Å². The second-order valence-corrected chi connectivity index (χ2v) is 7.10. The summed E-state index contributed by atoms with van der Waals surface area (Å²) in [6.45, 7) is 9.80. The van der Waals surface area contributed by atoms with Crippen LogP contribution in [0.2, 0.25) is 0 Å². The Morgan fingerprint density at radius 3 is 2.26 bits per heavy atom. The Labute approximate surface area is 140 Å². The molecule has 2 aliphatic heterocycles. The van der Waals surface area contributed by atoms with Crippen molar-refractivity contribution in [2.45, 2.75) is 26.3 Å². The predicted molar refractivity (Wildman–Crippen MR) is 93.1 cm³/mol. The van der Waals surface area contributed by atoms with Crippen molar-refractivity contribution in [2.24, 2.45) is 5.92 Å². The number of likely N-dealkylation sites (tertiary alicyclic amines) is 1. The van der Waals surface area contributed by atoms with E-state index >= 15 is 0 Å². The van der Waals surface area contributed by atoms with Crippen LogP contribution in [0.1, 0.15) is 25.3 Å². The van der Waals surface area contributed by atoms with E-state index in [1.165, 1.54) is 18.4 Å². The van der Waals surface area contributed by atoms with Crippen molar-refractivity contribution in [3.05, 3.63) is 35.9 Å². The van der Waals surface area contributed by atoms with Gasteiger partial charge in [0.15, 0.2) is 0 Å². The zero-order valence-corrected chi connectivity index (χ0v) is 14.3. The molecule has 2 saturated heterocycles. The van der Waals surface area contributed by atoms with Gasteiger partial charge >= 0.3 is 0 Å². The first-order chi connectivity index (χ1) is 11.2. The average molecular weight is 315 g/mol. The van der Waals surface area contributed by atoms with Gasteiger partial charge < -0.3 is 4.90 Å². The molecule has 0 radical (unpaired) electrons. The van der Waals surface area contributed by atoms with Crippen LogP contribution in [0.4, 0.5) is 0 Å². The van der Waals surface area contributed by atoms with Crippen molar-refractivity contribution in [2.75, 3.05) is 45.8 Å². The summed E-state index contributed by atoms with van der Waals surface area (Å²) >= 11 is 0. The van der Waals surface area contributed by atoms with Gasteiger partial charge in [0.05, 0.1) is 6.54 Å². The number of piperidine rings is 1. The molecule has 1 amide bonds. The number of nitrogens with zero attached hydrogens (tertiary/aromatic N) is 3. The van der Waals surface area contributed by atoms with Crippen molar-refractivity contribution < 1.29 is 4.79 Å². The SMILES string of the molecule is CC1CCN(CC(=O)N2CCN(Cc3ccccc3)CC2)CC1. The normalized spacial score (nSPS) is 21.5. The monoisotopic (exact) mass is 315 g/mol. The van der Waals surface area contributed by atoms with Crippen molar-refractivity contribution in [1.29, 1.82) is 0 Å². The third-order valence-corrected chi connectivity index (χ3v) is 5.21. The second-order valence-electron chi connectivity index (χ2n) is 7.10. The number of carbonyl (C=O) groups excluding carboxylic acids is 1. The van der Waals surface area contributed by atoms with Crippen LogP contribution in [-0.4, -0.2) is 66.4 Å². The molecule has 1 aromatic carbocycles. The number of hydrogen-bond acceptors (Lipinski definition) is 3.